The molecule has 0 saturated heterocycles. The third-order valence-corrected chi connectivity index (χ3v) is 5.78. The van der Waals surface area contributed by atoms with E-state index in [1.165, 1.54) is 30.6 Å². The smallest absolute Gasteiger partial charge is 0.311 e. The molecule has 0 radical (unpaired) electrons. The monoisotopic (exact) mass is 483 g/mol. The van der Waals surface area contributed by atoms with E-state index in [1.807, 2.05) is 19.1 Å². The molecule has 0 saturated carbocycles. The number of nitrogens with zero attached hydrogens (tertiary/aromatic N) is 5. The van der Waals surface area contributed by atoms with Crippen LogP contribution >= 0.6 is 23.6 Å². The number of carbonyl (C=O) groups excluding carboxylic acids is 1. The molecule has 0 atom stereocenters. The van der Waals surface area contributed by atoms with E-state index in [9.17, 15) is 14.9 Å². The van der Waals surface area contributed by atoms with Gasteiger partial charge in [-0.25, -0.2) is 0 Å². The van der Waals surface area contributed by atoms with Crippen LogP contribution in [0.3, 0.4) is 0 Å². The number of nitro benzene ring substituents is 1. The molecular weight excluding hydrogens is 466 g/mol. The number of aryl methyl sites for hydroxylation is 1. The number of aromatic nitrogens is 4. The number of anilines is 1. The van der Waals surface area contributed by atoms with Crippen LogP contribution in [0.25, 0.3) is 15.5 Å². The van der Waals surface area contributed by atoms with Crippen LogP contribution in [-0.4, -0.2) is 42.9 Å². The Morgan fingerprint density at radius 2 is 2.00 bits per heavy atom. The quantitative estimate of drug-likeness (QED) is 0.240. The van der Waals surface area contributed by atoms with Gasteiger partial charge in [0.25, 0.3) is 5.91 Å². The van der Waals surface area contributed by atoms with Gasteiger partial charge in [-0.15, -0.1) is 10.2 Å². The second-order valence-electron chi connectivity index (χ2n) is 6.70. The molecule has 2 heterocycles. The Kier molecular flexibility index (Phi) is 6.24. The molecule has 0 fully saturated rings. The van der Waals surface area contributed by atoms with Gasteiger partial charge < -0.3 is 10.1 Å². The highest BCUT2D eigenvalue weighted by Crippen LogP contribution is 2.28. The number of rotatable bonds is 6. The Hall–Kier alpha value is -3.97. The Morgan fingerprint density at radius 3 is 2.67 bits per heavy atom. The molecule has 1 amide bonds. The maximum Gasteiger partial charge on any atom is 0.311 e. The van der Waals surface area contributed by atoms with E-state index < -0.39 is 10.8 Å². The minimum absolute atomic E-state index is 0.0533. The lowest BCUT2D eigenvalue weighted by Crippen LogP contribution is -2.34. The topological polar surface area (TPSA) is 137 Å². The summed E-state index contributed by atoms with van der Waals surface area (Å²) in [4.78, 5) is 23.7. The minimum Gasteiger partial charge on any atom is -0.490 e. The van der Waals surface area contributed by atoms with Gasteiger partial charge in [0, 0.05) is 29.3 Å². The standard InChI is InChI=1S/C20H17N7O4S2/c1-3-16-23-24-20-26(16)25-18(33-20)11-4-7-13(8-5-11)21-19(32)22-17(28)12-6-9-15(31-2)14(10-12)27(29)30/h4-10H,3H2,1-2H3,(H2,21,22,28,32). The third kappa shape index (κ3) is 4.63. The maximum absolute atomic E-state index is 12.4. The Labute approximate surface area is 196 Å². The molecule has 33 heavy (non-hydrogen) atoms. The van der Waals surface area contributed by atoms with Gasteiger partial charge in [-0.2, -0.15) is 9.61 Å². The second kappa shape index (κ2) is 9.26. The van der Waals surface area contributed by atoms with Crippen molar-refractivity contribution < 1.29 is 14.5 Å². The highest BCUT2D eigenvalue weighted by Gasteiger charge is 2.19. The second-order valence-corrected chi connectivity index (χ2v) is 8.06. The molecule has 168 valence electrons. The number of nitro groups is 1. The Bertz CT molecular complexity index is 1360. The largest absolute Gasteiger partial charge is 0.490 e. The van der Waals surface area contributed by atoms with Crippen LogP contribution in [0.1, 0.15) is 23.1 Å². The predicted molar refractivity (Wildman–Crippen MR) is 127 cm³/mol. The lowest BCUT2D eigenvalue weighted by atomic mass is 10.1. The number of methoxy groups -OCH3 is 1. The molecule has 11 nitrogen and oxygen atoms in total. The summed E-state index contributed by atoms with van der Waals surface area (Å²) in [5, 5.41) is 30.2. The van der Waals surface area contributed by atoms with E-state index in [2.05, 4.69) is 25.9 Å². The summed E-state index contributed by atoms with van der Waals surface area (Å²) in [6.45, 7) is 1.99. The van der Waals surface area contributed by atoms with Crippen LogP contribution in [0.5, 0.6) is 5.75 Å². The summed E-state index contributed by atoms with van der Waals surface area (Å²) in [6, 6.07) is 11.3. The molecule has 0 aliphatic carbocycles. The number of ether oxygens (including phenoxy) is 1. The van der Waals surface area contributed by atoms with Crippen molar-refractivity contribution in [3.63, 3.8) is 0 Å². The average Bonchev–Trinajstić information content (AvgIpc) is 3.39. The fourth-order valence-electron chi connectivity index (χ4n) is 3.00. The average molecular weight is 484 g/mol. The molecule has 2 aromatic heterocycles. The molecule has 0 aliphatic rings. The van der Waals surface area contributed by atoms with Crippen molar-refractivity contribution in [1.29, 1.82) is 0 Å². The molecule has 0 spiro atoms. The fourth-order valence-corrected chi connectivity index (χ4v) is 4.08. The van der Waals surface area contributed by atoms with Crippen LogP contribution < -0.4 is 15.4 Å². The first-order chi connectivity index (χ1) is 15.9. The number of nitrogens with one attached hydrogen (secondary N) is 2. The third-order valence-electron chi connectivity index (χ3n) is 4.63. The zero-order chi connectivity index (χ0) is 23.5. The van der Waals surface area contributed by atoms with Crippen LogP contribution in [0.4, 0.5) is 11.4 Å². The van der Waals surface area contributed by atoms with Crippen LogP contribution in [0.2, 0.25) is 0 Å². The first-order valence-electron chi connectivity index (χ1n) is 9.66. The summed E-state index contributed by atoms with van der Waals surface area (Å²) in [7, 11) is 1.32. The van der Waals surface area contributed by atoms with Crippen molar-refractivity contribution in [2.75, 3.05) is 12.4 Å². The molecule has 0 bridgehead atoms. The SMILES string of the molecule is CCc1nnc2sc(-c3ccc(NC(=S)NC(=O)c4ccc(OC)c([N+](=O)[O-])c4)cc3)nn12. The molecule has 13 heteroatoms. The number of amides is 1. The number of carbonyl (C=O) groups is 1. The summed E-state index contributed by atoms with van der Waals surface area (Å²) >= 11 is 6.64. The van der Waals surface area contributed by atoms with E-state index in [4.69, 9.17) is 17.0 Å². The molecule has 0 aliphatic heterocycles. The maximum atomic E-state index is 12.4. The van der Waals surface area contributed by atoms with E-state index in [0.717, 1.165) is 33.8 Å². The van der Waals surface area contributed by atoms with Crippen molar-refractivity contribution in [2.45, 2.75) is 13.3 Å². The van der Waals surface area contributed by atoms with Crippen LogP contribution in [0.15, 0.2) is 42.5 Å². The minimum atomic E-state index is -0.618. The van der Waals surface area contributed by atoms with E-state index in [-0.39, 0.29) is 22.1 Å². The number of benzene rings is 2. The molecule has 0 unspecified atom stereocenters. The molecule has 4 rings (SSSR count). The van der Waals surface area contributed by atoms with Crippen LogP contribution in [0, 0.1) is 10.1 Å². The highest BCUT2D eigenvalue weighted by molar-refractivity contribution is 7.80. The van der Waals surface area contributed by atoms with Gasteiger partial charge in [0.15, 0.2) is 16.7 Å². The normalized spacial score (nSPS) is 10.7. The van der Waals surface area contributed by atoms with Crippen molar-refractivity contribution in [2.24, 2.45) is 0 Å². The summed E-state index contributed by atoms with van der Waals surface area (Å²) in [5.41, 5.74) is 1.33. The molecular formula is C20H17N7O4S2. The first-order valence-corrected chi connectivity index (χ1v) is 10.9. The predicted octanol–water partition coefficient (Wildman–Crippen LogP) is 3.46. The van der Waals surface area contributed by atoms with Gasteiger partial charge in [-0.3, -0.25) is 20.2 Å². The van der Waals surface area contributed by atoms with Gasteiger partial charge in [-0.1, -0.05) is 18.3 Å². The van der Waals surface area contributed by atoms with Crippen molar-refractivity contribution in [3.05, 3.63) is 64.0 Å². The number of thiocarbonyl (C=S) groups is 1. The zero-order valence-electron chi connectivity index (χ0n) is 17.4. The van der Waals surface area contributed by atoms with E-state index in [1.54, 1.807) is 16.6 Å². The van der Waals surface area contributed by atoms with E-state index >= 15 is 0 Å². The van der Waals surface area contributed by atoms with Crippen molar-refractivity contribution in [3.8, 4) is 16.3 Å². The fraction of sp³-hybridized carbons (Fsp3) is 0.150. The Morgan fingerprint density at radius 1 is 1.24 bits per heavy atom. The van der Waals surface area contributed by atoms with Gasteiger partial charge in [0.1, 0.15) is 5.01 Å². The van der Waals surface area contributed by atoms with Crippen molar-refractivity contribution in [1.82, 2.24) is 25.1 Å². The first kappa shape index (κ1) is 22.2. The lowest BCUT2D eigenvalue weighted by molar-refractivity contribution is -0.385. The summed E-state index contributed by atoms with van der Waals surface area (Å²) < 4.78 is 6.68. The molecule has 2 N–H and O–H groups in total. The number of hydrogen-bond acceptors (Lipinski definition) is 9. The molecule has 2 aromatic carbocycles. The van der Waals surface area contributed by atoms with Crippen LogP contribution in [-0.2, 0) is 6.42 Å². The van der Waals surface area contributed by atoms with Crippen molar-refractivity contribution >= 4 is 50.9 Å². The summed E-state index contributed by atoms with van der Waals surface area (Å²) in [6.07, 6.45) is 0.736. The van der Waals surface area contributed by atoms with E-state index in [0.29, 0.717) is 5.69 Å². The highest BCUT2D eigenvalue weighted by atomic mass is 32.1. The zero-order valence-corrected chi connectivity index (χ0v) is 19.1. The molecule has 4 aromatic rings. The summed E-state index contributed by atoms with van der Waals surface area (Å²) in [5.74, 6) is 0.281. The van der Waals surface area contributed by atoms with Gasteiger partial charge >= 0.3 is 5.69 Å². The van der Waals surface area contributed by atoms with Gasteiger partial charge in [0.2, 0.25) is 4.96 Å². The number of fused-ring (bicyclic) bond motifs is 1. The Balaban J connectivity index is 1.42. The van der Waals surface area contributed by atoms with Gasteiger partial charge in [0.05, 0.1) is 12.0 Å². The van der Waals surface area contributed by atoms with Gasteiger partial charge in [-0.05, 0) is 48.6 Å². The lowest BCUT2D eigenvalue weighted by Gasteiger charge is -2.10. The number of hydrogen-bond donors (Lipinski definition) is 2.